The van der Waals surface area contributed by atoms with Crippen LogP contribution < -0.4 is 0 Å². The van der Waals surface area contributed by atoms with E-state index in [1.165, 1.54) is 128 Å². The molecule has 330 valence electrons. The number of nitrogens with zero attached hydrogens (tertiary/aromatic N) is 2. The molecule has 0 atom stereocenters. The van der Waals surface area contributed by atoms with E-state index in [0.29, 0.717) is 0 Å². The number of fused-ring (bicyclic) bond motifs is 20. The van der Waals surface area contributed by atoms with Crippen LogP contribution in [0.5, 0.6) is 0 Å². The summed E-state index contributed by atoms with van der Waals surface area (Å²) in [6.45, 7) is 40.4. The number of aromatic nitrogens is 2. The van der Waals surface area contributed by atoms with Crippen LogP contribution in [0.15, 0.2) is 48.5 Å². The zero-order chi connectivity index (χ0) is 45.2. The fourth-order valence-electron chi connectivity index (χ4n) is 15.2. The molecule has 4 heterocycles. The molecule has 0 saturated carbocycles. The first-order valence-electron chi connectivity index (χ1n) is 25.3. The molecular weight excluding hydrogens is 773 g/mol. The number of benzene rings is 5. The minimum absolute atomic E-state index is 0.0440. The molecule has 0 aliphatic heterocycles. The summed E-state index contributed by atoms with van der Waals surface area (Å²) in [5.74, 6) is 0. The molecule has 0 saturated heterocycles. The number of hydrogen-bond donors (Lipinski definition) is 0. The maximum atomic E-state index is 2.86. The van der Waals surface area contributed by atoms with E-state index >= 15 is 0 Å². The van der Waals surface area contributed by atoms with Gasteiger partial charge >= 0.3 is 0 Å². The van der Waals surface area contributed by atoms with Gasteiger partial charge in [-0.15, -0.1) is 0 Å². The van der Waals surface area contributed by atoms with E-state index in [1.54, 1.807) is 44.5 Å². The topological polar surface area (TPSA) is 8.82 Å². The molecule has 5 aromatic carbocycles. The SMILES string of the molecule is CC1(C)CCC(C)(C)c2cc3c(cc21)c1c2c4ccc5c(c4n4c6cc7c(cc6c(c6c8ccc9c(c8n3c16)C(C)(C)CCC9(C)C)c24)C(C)(C)CCC7(C)C)C(C)(C)CCC5(C)C. The molecule has 0 bridgehead atoms. The predicted molar refractivity (Wildman–Crippen MR) is 277 cm³/mol. The van der Waals surface area contributed by atoms with Crippen molar-refractivity contribution in [3.05, 3.63) is 93.0 Å². The fourth-order valence-corrected chi connectivity index (χ4v) is 15.2. The van der Waals surface area contributed by atoms with Crippen LogP contribution in [0.2, 0.25) is 0 Å². The first kappa shape index (κ1) is 40.0. The normalized spacial score (nSPS) is 23.5. The van der Waals surface area contributed by atoms with Crippen molar-refractivity contribution in [3.8, 4) is 0 Å². The Hall–Kier alpha value is -4.30. The lowest BCUT2D eigenvalue weighted by Gasteiger charge is -2.42. The third-order valence-corrected chi connectivity index (χ3v) is 19.8. The Bertz CT molecular complexity index is 3360. The highest BCUT2D eigenvalue weighted by Crippen LogP contribution is 2.60. The van der Waals surface area contributed by atoms with Crippen molar-refractivity contribution in [3.63, 3.8) is 0 Å². The molecule has 13 rings (SSSR count). The Morgan fingerprint density at radius 2 is 0.547 bits per heavy atom. The molecule has 2 heteroatoms. The zero-order valence-electron chi connectivity index (χ0n) is 42.2. The van der Waals surface area contributed by atoms with E-state index in [1.807, 2.05) is 0 Å². The van der Waals surface area contributed by atoms with E-state index in [0.717, 1.165) is 0 Å². The molecule has 0 fully saturated rings. The number of rotatable bonds is 0. The lowest BCUT2D eigenvalue weighted by Crippen LogP contribution is -2.34. The van der Waals surface area contributed by atoms with Crippen LogP contribution >= 0.6 is 0 Å². The molecule has 0 unspecified atom stereocenters. The third-order valence-electron chi connectivity index (χ3n) is 19.8. The summed E-state index contributed by atoms with van der Waals surface area (Å²) in [4.78, 5) is 0. The van der Waals surface area contributed by atoms with Crippen LogP contribution in [-0.4, -0.2) is 8.80 Å². The Balaban J connectivity index is 1.39. The summed E-state index contributed by atoms with van der Waals surface area (Å²) in [7, 11) is 0. The van der Waals surface area contributed by atoms with E-state index in [-0.39, 0.29) is 43.3 Å². The molecule has 4 aliphatic carbocycles. The van der Waals surface area contributed by atoms with Crippen LogP contribution in [0.3, 0.4) is 0 Å². The van der Waals surface area contributed by atoms with E-state index < -0.39 is 0 Å². The summed E-state index contributed by atoms with van der Waals surface area (Å²) < 4.78 is 5.73. The Morgan fingerprint density at radius 1 is 0.281 bits per heavy atom. The van der Waals surface area contributed by atoms with Gasteiger partial charge in [0.1, 0.15) is 0 Å². The van der Waals surface area contributed by atoms with Crippen molar-refractivity contribution in [1.29, 1.82) is 0 Å². The Kier molecular flexibility index (Phi) is 7.04. The van der Waals surface area contributed by atoms with Crippen molar-refractivity contribution in [2.45, 2.75) is 205 Å². The molecule has 9 aromatic rings. The second-order valence-corrected chi connectivity index (χ2v) is 27.5. The lowest BCUT2D eigenvalue weighted by molar-refractivity contribution is 0.332. The molecule has 0 spiro atoms. The predicted octanol–water partition coefficient (Wildman–Crippen LogP) is 17.4. The number of hydrogen-bond acceptors (Lipinski definition) is 0. The quantitative estimate of drug-likeness (QED) is 0.144. The molecular formula is C62H72N2. The fraction of sp³-hybridized carbons (Fsp3) is 0.516. The van der Waals surface area contributed by atoms with Gasteiger partial charge in [-0.1, -0.05) is 135 Å². The Morgan fingerprint density at radius 3 is 0.875 bits per heavy atom. The van der Waals surface area contributed by atoms with E-state index in [2.05, 4.69) is 168 Å². The highest BCUT2D eigenvalue weighted by atomic mass is 15.0. The molecule has 0 N–H and O–H groups in total. The van der Waals surface area contributed by atoms with Crippen LogP contribution in [0.25, 0.3) is 76.2 Å². The van der Waals surface area contributed by atoms with Crippen LogP contribution in [0.1, 0.15) is 207 Å². The highest BCUT2D eigenvalue weighted by Gasteiger charge is 2.45. The van der Waals surface area contributed by atoms with Gasteiger partial charge in [-0.2, -0.15) is 0 Å². The summed E-state index contributed by atoms with van der Waals surface area (Å²) in [6.07, 6.45) is 9.67. The minimum atomic E-state index is 0.0440. The van der Waals surface area contributed by atoms with Gasteiger partial charge in [-0.3, -0.25) is 0 Å². The van der Waals surface area contributed by atoms with Gasteiger partial charge in [0.2, 0.25) is 0 Å². The minimum Gasteiger partial charge on any atom is -0.308 e. The van der Waals surface area contributed by atoms with Crippen molar-refractivity contribution in [2.24, 2.45) is 0 Å². The van der Waals surface area contributed by atoms with Gasteiger partial charge in [0.15, 0.2) is 0 Å². The molecule has 2 nitrogen and oxygen atoms in total. The van der Waals surface area contributed by atoms with Crippen LogP contribution in [0, 0.1) is 0 Å². The molecule has 0 radical (unpaired) electrons. The van der Waals surface area contributed by atoms with Crippen LogP contribution in [-0.2, 0) is 43.3 Å². The second kappa shape index (κ2) is 11.3. The van der Waals surface area contributed by atoms with Gasteiger partial charge in [-0.05, 0) is 163 Å². The standard InChI is InChI=1S/C62H72N2/c1-55(2)25-27-61(13,14)49-37(55)19-17-33-45-47-36-30-40-42(60(11,12)24-22-58(40,7)8)32-44(36)64-52-34(18-20-38-50(52)62(15,16)28-26-56(38,3)4)46(54(47)64)48-35-29-39-41(59(9,10)23-21-57(39,5)6)31-43(35)63(51(33)49)53(45)48/h17-20,29-32H,21-28H2,1-16H3. The van der Waals surface area contributed by atoms with Gasteiger partial charge in [0.05, 0.1) is 33.1 Å². The summed E-state index contributed by atoms with van der Waals surface area (Å²) in [6, 6.07) is 21.2. The van der Waals surface area contributed by atoms with Crippen LogP contribution in [0.4, 0.5) is 0 Å². The Labute approximate surface area is 381 Å². The molecule has 4 aromatic heterocycles. The van der Waals surface area contributed by atoms with Crippen molar-refractivity contribution in [2.75, 3.05) is 0 Å². The average molecular weight is 845 g/mol. The van der Waals surface area contributed by atoms with Gasteiger partial charge in [0.25, 0.3) is 0 Å². The summed E-state index contributed by atoms with van der Waals surface area (Å²) >= 11 is 0. The maximum Gasteiger partial charge on any atom is 0.0634 e. The summed E-state index contributed by atoms with van der Waals surface area (Å²) in [5, 5.41) is 11.7. The average Bonchev–Trinajstić information content (AvgIpc) is 3.93. The van der Waals surface area contributed by atoms with Gasteiger partial charge in [-0.25, -0.2) is 0 Å². The first-order valence-corrected chi connectivity index (χ1v) is 25.3. The third kappa shape index (κ3) is 4.56. The van der Waals surface area contributed by atoms with Crippen molar-refractivity contribution >= 4 is 76.2 Å². The molecule has 0 amide bonds. The van der Waals surface area contributed by atoms with Crippen molar-refractivity contribution < 1.29 is 0 Å². The van der Waals surface area contributed by atoms with E-state index in [4.69, 9.17) is 0 Å². The summed E-state index contributed by atoms with van der Waals surface area (Å²) in [5.41, 5.74) is 21.9. The van der Waals surface area contributed by atoms with Gasteiger partial charge in [0, 0.05) is 43.1 Å². The largest absolute Gasteiger partial charge is 0.308 e. The van der Waals surface area contributed by atoms with Crippen molar-refractivity contribution in [1.82, 2.24) is 8.80 Å². The molecule has 4 aliphatic rings. The molecule has 64 heavy (non-hydrogen) atoms. The first-order chi connectivity index (χ1) is 29.7. The highest BCUT2D eigenvalue weighted by molar-refractivity contribution is 6.45. The zero-order valence-corrected chi connectivity index (χ0v) is 42.2. The maximum absolute atomic E-state index is 2.86. The lowest BCUT2D eigenvalue weighted by atomic mass is 9.62. The van der Waals surface area contributed by atoms with Gasteiger partial charge < -0.3 is 8.80 Å². The second-order valence-electron chi connectivity index (χ2n) is 27.5. The van der Waals surface area contributed by atoms with E-state index in [9.17, 15) is 0 Å². The smallest absolute Gasteiger partial charge is 0.0634 e. The monoisotopic (exact) mass is 845 g/mol.